The Labute approximate surface area is 161 Å². The Morgan fingerprint density at radius 1 is 0.778 bits per heavy atom. The molecule has 4 bridgehead atoms. The molecule has 6 saturated carbocycles. The van der Waals surface area contributed by atoms with Crippen molar-refractivity contribution in [3.63, 3.8) is 0 Å². The van der Waals surface area contributed by atoms with Gasteiger partial charge in [0.05, 0.1) is 5.71 Å². The third-order valence-corrected chi connectivity index (χ3v) is 9.15. The monoisotopic (exact) mass is 375 g/mol. The quantitative estimate of drug-likeness (QED) is 0.397. The highest BCUT2D eigenvalue weighted by molar-refractivity contribution is 5.84. The van der Waals surface area contributed by atoms with Crippen LogP contribution in [0, 0.1) is 35.5 Å². The van der Waals surface area contributed by atoms with Crippen molar-refractivity contribution in [3.8, 4) is 0 Å². The number of rotatable bonds is 1. The van der Waals surface area contributed by atoms with Gasteiger partial charge in [0.1, 0.15) is 0 Å². The van der Waals surface area contributed by atoms with Crippen LogP contribution in [0.4, 0.5) is 0 Å². The molecule has 150 valence electrons. The fourth-order valence-corrected chi connectivity index (χ4v) is 7.89. The van der Waals surface area contributed by atoms with Crippen LogP contribution in [-0.4, -0.2) is 22.5 Å². The van der Waals surface area contributed by atoms with E-state index in [4.69, 9.17) is 19.7 Å². The van der Waals surface area contributed by atoms with Crippen molar-refractivity contribution in [2.24, 2.45) is 40.7 Å². The number of nitrogens with zero attached hydrogens (tertiary/aromatic N) is 1. The second-order valence-electron chi connectivity index (χ2n) is 10.5. The Kier molecular flexibility index (Phi) is 3.94. The molecule has 0 aromatic heterocycles. The number of ether oxygens (including phenoxy) is 1. The van der Waals surface area contributed by atoms with E-state index in [2.05, 4.69) is 5.16 Å². The van der Waals surface area contributed by atoms with Crippen LogP contribution in [0.25, 0.3) is 0 Å². The molecule has 0 aromatic rings. The normalized spacial score (nSPS) is 54.1. The van der Waals surface area contributed by atoms with E-state index in [1.807, 2.05) is 0 Å². The van der Waals surface area contributed by atoms with Crippen molar-refractivity contribution >= 4 is 5.71 Å². The molecule has 27 heavy (non-hydrogen) atoms. The first-order chi connectivity index (χ1) is 13.2. The van der Waals surface area contributed by atoms with Crippen LogP contribution in [-0.2, 0) is 14.5 Å². The lowest BCUT2D eigenvalue weighted by Gasteiger charge is -2.57. The molecule has 1 saturated heterocycles. The first kappa shape index (κ1) is 17.2. The Bertz CT molecular complexity index is 586. The van der Waals surface area contributed by atoms with E-state index in [1.54, 1.807) is 0 Å². The molecule has 1 aliphatic heterocycles. The van der Waals surface area contributed by atoms with Crippen molar-refractivity contribution in [2.75, 3.05) is 0 Å². The summed E-state index contributed by atoms with van der Waals surface area (Å²) in [5, 5.41) is 12.4. The van der Waals surface area contributed by atoms with Crippen molar-refractivity contribution in [2.45, 2.75) is 95.0 Å². The van der Waals surface area contributed by atoms with Crippen LogP contribution >= 0.6 is 0 Å². The minimum Gasteiger partial charge on any atom is -0.411 e. The smallest absolute Gasteiger partial charge is 0.210 e. The first-order valence-corrected chi connectivity index (χ1v) is 11.4. The van der Waals surface area contributed by atoms with Crippen LogP contribution in [0.5, 0.6) is 0 Å². The van der Waals surface area contributed by atoms with Gasteiger partial charge in [0, 0.05) is 24.7 Å². The highest BCUT2D eigenvalue weighted by Crippen LogP contribution is 2.64. The van der Waals surface area contributed by atoms with Gasteiger partial charge in [0.2, 0.25) is 11.6 Å². The summed E-state index contributed by atoms with van der Waals surface area (Å²) in [6, 6.07) is 0. The van der Waals surface area contributed by atoms with Crippen LogP contribution in [0.3, 0.4) is 0 Å². The summed E-state index contributed by atoms with van der Waals surface area (Å²) in [6.07, 6.45) is 15.2. The lowest BCUT2D eigenvalue weighted by atomic mass is 9.53. The van der Waals surface area contributed by atoms with E-state index in [0.717, 1.165) is 55.1 Å². The largest absolute Gasteiger partial charge is 0.411 e. The van der Waals surface area contributed by atoms with E-state index < -0.39 is 11.6 Å². The molecule has 0 unspecified atom stereocenters. The topological polar surface area (TPSA) is 60.3 Å². The average Bonchev–Trinajstić information content (AvgIpc) is 3.07. The summed E-state index contributed by atoms with van der Waals surface area (Å²) in [4.78, 5) is 12.2. The van der Waals surface area contributed by atoms with E-state index in [-0.39, 0.29) is 0 Å². The van der Waals surface area contributed by atoms with Gasteiger partial charge in [-0.3, -0.25) is 0 Å². The Hall–Kier alpha value is -0.650. The second kappa shape index (κ2) is 6.17. The third kappa shape index (κ3) is 2.64. The average molecular weight is 376 g/mol. The van der Waals surface area contributed by atoms with Gasteiger partial charge in [0.15, 0.2) is 0 Å². The van der Waals surface area contributed by atoms with Gasteiger partial charge in [-0.1, -0.05) is 5.16 Å². The predicted octanol–water partition coefficient (Wildman–Crippen LogP) is 5.02. The lowest BCUT2D eigenvalue weighted by Crippen LogP contribution is -2.59. The van der Waals surface area contributed by atoms with E-state index >= 15 is 0 Å². The summed E-state index contributed by atoms with van der Waals surface area (Å²) >= 11 is 0. The maximum absolute atomic E-state index is 8.98. The van der Waals surface area contributed by atoms with Gasteiger partial charge in [-0.05, 0) is 94.3 Å². The zero-order valence-electron chi connectivity index (χ0n) is 16.3. The van der Waals surface area contributed by atoms with Crippen molar-refractivity contribution in [1.82, 2.24) is 0 Å². The number of oxime groups is 1. The molecular formula is C22H33NO4. The lowest BCUT2D eigenvalue weighted by molar-refractivity contribution is -0.390. The second-order valence-corrected chi connectivity index (χ2v) is 10.5. The standard InChI is InChI=1S/C22H33NO4/c24-23-20-3-1-16(2-4-20)17-5-7-21(8-6-17)25-22(27-26-21)18-10-14-9-15(12-18)13-19(22)11-14/h14-19,24H,1-13H2. The van der Waals surface area contributed by atoms with Crippen LogP contribution in [0.15, 0.2) is 5.16 Å². The molecule has 5 heteroatoms. The van der Waals surface area contributed by atoms with E-state index in [9.17, 15) is 0 Å². The summed E-state index contributed by atoms with van der Waals surface area (Å²) in [7, 11) is 0. The third-order valence-electron chi connectivity index (χ3n) is 9.15. The zero-order chi connectivity index (χ0) is 18.1. The van der Waals surface area contributed by atoms with Crippen LogP contribution in [0.2, 0.25) is 0 Å². The SMILES string of the molecule is ON=C1CCC(C2CCC3(CC2)OOC2(O3)C3CC4CC(C3)CC2C4)CC1. The molecule has 7 rings (SSSR count). The Morgan fingerprint density at radius 2 is 1.37 bits per heavy atom. The predicted molar refractivity (Wildman–Crippen MR) is 98.9 cm³/mol. The van der Waals surface area contributed by atoms with Crippen LogP contribution in [0.1, 0.15) is 83.5 Å². The molecule has 1 heterocycles. The number of hydrogen-bond acceptors (Lipinski definition) is 5. The van der Waals surface area contributed by atoms with Crippen molar-refractivity contribution in [3.05, 3.63) is 0 Å². The van der Waals surface area contributed by atoms with E-state index in [0.29, 0.717) is 11.8 Å². The summed E-state index contributed by atoms with van der Waals surface area (Å²) in [6.45, 7) is 0. The maximum atomic E-state index is 8.98. The van der Waals surface area contributed by atoms with Crippen molar-refractivity contribution < 1.29 is 19.7 Å². The molecule has 0 radical (unpaired) electrons. The molecule has 0 atom stereocenters. The highest BCUT2D eigenvalue weighted by Gasteiger charge is 2.66. The zero-order valence-corrected chi connectivity index (χ0v) is 16.3. The summed E-state index contributed by atoms with van der Waals surface area (Å²) < 4.78 is 6.83. The minimum atomic E-state index is -0.474. The molecule has 7 aliphatic rings. The summed E-state index contributed by atoms with van der Waals surface area (Å²) in [5.74, 6) is 3.58. The van der Waals surface area contributed by atoms with Crippen molar-refractivity contribution in [1.29, 1.82) is 0 Å². The van der Waals surface area contributed by atoms with Crippen LogP contribution < -0.4 is 0 Å². The fraction of sp³-hybridized carbons (Fsp3) is 0.955. The molecular weight excluding hydrogens is 342 g/mol. The maximum Gasteiger partial charge on any atom is 0.210 e. The highest BCUT2D eigenvalue weighted by atomic mass is 17.3. The number of hydrogen-bond donors (Lipinski definition) is 1. The fourth-order valence-electron chi connectivity index (χ4n) is 7.89. The van der Waals surface area contributed by atoms with Gasteiger partial charge in [-0.15, -0.1) is 0 Å². The molecule has 6 aliphatic carbocycles. The first-order valence-electron chi connectivity index (χ1n) is 11.4. The van der Waals surface area contributed by atoms with Gasteiger partial charge in [0.25, 0.3) is 0 Å². The minimum absolute atomic E-state index is 0.419. The molecule has 1 N–H and O–H groups in total. The Balaban J connectivity index is 1.11. The van der Waals surface area contributed by atoms with Gasteiger partial charge in [-0.2, -0.15) is 9.78 Å². The van der Waals surface area contributed by atoms with Gasteiger partial charge < -0.3 is 9.94 Å². The molecule has 0 amide bonds. The molecule has 7 fully saturated rings. The Morgan fingerprint density at radius 3 is 1.96 bits per heavy atom. The molecule has 5 nitrogen and oxygen atoms in total. The summed E-state index contributed by atoms with van der Waals surface area (Å²) in [5.41, 5.74) is 0.984. The van der Waals surface area contributed by atoms with Gasteiger partial charge in [-0.25, -0.2) is 0 Å². The van der Waals surface area contributed by atoms with Gasteiger partial charge >= 0.3 is 0 Å². The van der Waals surface area contributed by atoms with E-state index in [1.165, 1.54) is 57.8 Å². The molecule has 2 spiro atoms. The molecule has 0 aromatic carbocycles.